The molecule has 0 aliphatic carbocycles. The normalized spacial score (nSPS) is 13.3. The van der Waals surface area contributed by atoms with Crippen molar-refractivity contribution in [1.82, 2.24) is 15.3 Å². The van der Waals surface area contributed by atoms with Crippen LogP contribution >= 0.6 is 0 Å². The number of amides is 1. The van der Waals surface area contributed by atoms with Crippen LogP contribution in [0.15, 0.2) is 29.1 Å². The number of aromatic amines is 1. The molecule has 7 heteroatoms. The molecule has 6 nitrogen and oxygen atoms in total. The molecular formula is C18H22FN3O3. The highest BCUT2D eigenvalue weighted by Gasteiger charge is 2.23. The molecule has 0 radical (unpaired) electrons. The van der Waals surface area contributed by atoms with Gasteiger partial charge in [0, 0.05) is 17.8 Å². The highest BCUT2D eigenvalue weighted by Crippen LogP contribution is 2.20. The monoisotopic (exact) mass is 347 g/mol. The smallest absolute Gasteiger partial charge is 0.345 e. The lowest BCUT2D eigenvalue weighted by Crippen LogP contribution is -2.38. The van der Waals surface area contributed by atoms with Gasteiger partial charge < -0.3 is 15.4 Å². The first kappa shape index (κ1) is 18.8. The Bertz CT molecular complexity index is 787. The maximum atomic E-state index is 13.0. The van der Waals surface area contributed by atoms with Gasteiger partial charge in [0.25, 0.3) is 0 Å². The second-order valence-electron chi connectivity index (χ2n) is 6.29. The maximum absolute atomic E-state index is 13.0. The highest BCUT2D eigenvalue weighted by molar-refractivity contribution is 5.76. The van der Waals surface area contributed by atoms with Crippen molar-refractivity contribution in [2.75, 3.05) is 6.54 Å². The molecule has 1 heterocycles. The van der Waals surface area contributed by atoms with Gasteiger partial charge in [0.1, 0.15) is 11.4 Å². The van der Waals surface area contributed by atoms with Crippen LogP contribution in [0.25, 0.3) is 0 Å². The van der Waals surface area contributed by atoms with Gasteiger partial charge in [0.2, 0.25) is 5.91 Å². The average Bonchev–Trinajstić information content (AvgIpc) is 2.52. The van der Waals surface area contributed by atoms with Crippen LogP contribution in [-0.2, 0) is 16.8 Å². The third-order valence-corrected chi connectivity index (χ3v) is 4.15. The van der Waals surface area contributed by atoms with Gasteiger partial charge in [-0.1, -0.05) is 12.1 Å². The number of carbonyl (C=O) groups is 1. The summed E-state index contributed by atoms with van der Waals surface area (Å²) in [5.41, 5.74) is 0.953. The molecule has 0 aliphatic rings. The Balaban J connectivity index is 1.92. The SMILES string of the molecule is Cc1nc(=O)[nH]c(C)c1CCC(=O)NCC(C)(O)c1ccc(F)cc1. The lowest BCUT2D eigenvalue weighted by atomic mass is 9.96. The number of aliphatic hydroxyl groups is 1. The summed E-state index contributed by atoms with van der Waals surface area (Å²) in [7, 11) is 0. The van der Waals surface area contributed by atoms with Gasteiger partial charge in [0.05, 0.1) is 6.54 Å². The number of carbonyl (C=O) groups excluding carboxylic acids is 1. The maximum Gasteiger partial charge on any atom is 0.345 e. The second-order valence-corrected chi connectivity index (χ2v) is 6.29. The van der Waals surface area contributed by atoms with Crippen LogP contribution in [0.3, 0.4) is 0 Å². The molecule has 0 saturated carbocycles. The van der Waals surface area contributed by atoms with Crippen LogP contribution in [0.4, 0.5) is 4.39 Å². The summed E-state index contributed by atoms with van der Waals surface area (Å²) in [6.45, 7) is 5.07. The molecule has 2 rings (SSSR count). The lowest BCUT2D eigenvalue weighted by molar-refractivity contribution is -0.122. The number of aryl methyl sites for hydroxylation is 2. The molecule has 0 spiro atoms. The van der Waals surface area contributed by atoms with E-state index < -0.39 is 11.3 Å². The Morgan fingerprint density at radius 1 is 1.32 bits per heavy atom. The number of rotatable bonds is 6. The van der Waals surface area contributed by atoms with Gasteiger partial charge in [-0.25, -0.2) is 9.18 Å². The number of hydrogen-bond acceptors (Lipinski definition) is 4. The summed E-state index contributed by atoms with van der Waals surface area (Å²) in [5, 5.41) is 13.1. The van der Waals surface area contributed by atoms with Gasteiger partial charge in [0.15, 0.2) is 0 Å². The van der Waals surface area contributed by atoms with Gasteiger partial charge in [-0.2, -0.15) is 4.98 Å². The quantitative estimate of drug-likeness (QED) is 0.738. The van der Waals surface area contributed by atoms with Crippen molar-refractivity contribution in [3.8, 4) is 0 Å². The minimum atomic E-state index is -1.30. The molecule has 1 amide bonds. The largest absolute Gasteiger partial charge is 0.384 e. The van der Waals surface area contributed by atoms with Crippen molar-refractivity contribution in [3.63, 3.8) is 0 Å². The molecule has 1 atom stereocenters. The Morgan fingerprint density at radius 3 is 2.56 bits per heavy atom. The molecule has 3 N–H and O–H groups in total. The molecule has 2 aromatic rings. The molecule has 0 fully saturated rings. The third-order valence-electron chi connectivity index (χ3n) is 4.15. The van der Waals surface area contributed by atoms with Crippen molar-refractivity contribution in [1.29, 1.82) is 0 Å². The fraction of sp³-hybridized carbons (Fsp3) is 0.389. The number of benzene rings is 1. The Labute approximate surface area is 145 Å². The third kappa shape index (κ3) is 4.96. The first-order chi connectivity index (χ1) is 11.7. The zero-order chi connectivity index (χ0) is 18.6. The van der Waals surface area contributed by atoms with E-state index in [1.165, 1.54) is 24.3 Å². The number of aromatic nitrogens is 2. The van der Waals surface area contributed by atoms with Gasteiger partial charge in [-0.15, -0.1) is 0 Å². The topological polar surface area (TPSA) is 95.1 Å². The average molecular weight is 347 g/mol. The van der Waals surface area contributed by atoms with Crippen LogP contribution in [0.2, 0.25) is 0 Å². The van der Waals surface area contributed by atoms with E-state index >= 15 is 0 Å². The van der Waals surface area contributed by atoms with Gasteiger partial charge >= 0.3 is 5.69 Å². The minimum Gasteiger partial charge on any atom is -0.384 e. The Kier molecular flexibility index (Phi) is 5.69. The van der Waals surface area contributed by atoms with E-state index in [2.05, 4.69) is 15.3 Å². The Morgan fingerprint density at radius 2 is 1.96 bits per heavy atom. The molecule has 25 heavy (non-hydrogen) atoms. The lowest BCUT2D eigenvalue weighted by Gasteiger charge is -2.24. The molecular weight excluding hydrogens is 325 g/mol. The predicted octanol–water partition coefficient (Wildman–Crippen LogP) is 1.48. The molecule has 0 bridgehead atoms. The first-order valence-corrected chi connectivity index (χ1v) is 8.00. The van der Waals surface area contributed by atoms with E-state index in [4.69, 9.17) is 0 Å². The van der Waals surface area contributed by atoms with E-state index in [0.29, 0.717) is 23.4 Å². The van der Waals surface area contributed by atoms with Crippen molar-refractivity contribution in [2.24, 2.45) is 0 Å². The summed E-state index contributed by atoms with van der Waals surface area (Å²) >= 11 is 0. The summed E-state index contributed by atoms with van der Waals surface area (Å²) in [6, 6.07) is 5.50. The van der Waals surface area contributed by atoms with Crippen molar-refractivity contribution < 1.29 is 14.3 Å². The van der Waals surface area contributed by atoms with E-state index in [1.54, 1.807) is 20.8 Å². The summed E-state index contributed by atoms with van der Waals surface area (Å²) < 4.78 is 13.0. The molecule has 1 aromatic carbocycles. The molecule has 0 saturated heterocycles. The van der Waals surface area contributed by atoms with Crippen LogP contribution in [0.5, 0.6) is 0 Å². The predicted molar refractivity (Wildman–Crippen MR) is 91.6 cm³/mol. The number of nitrogens with zero attached hydrogens (tertiary/aromatic N) is 1. The van der Waals surface area contributed by atoms with Crippen molar-refractivity contribution >= 4 is 5.91 Å². The zero-order valence-electron chi connectivity index (χ0n) is 14.5. The van der Waals surface area contributed by atoms with Crippen molar-refractivity contribution in [3.05, 3.63) is 63.1 Å². The second kappa shape index (κ2) is 7.57. The van der Waals surface area contributed by atoms with Gasteiger partial charge in [-0.3, -0.25) is 4.79 Å². The zero-order valence-corrected chi connectivity index (χ0v) is 14.5. The molecule has 134 valence electrons. The molecule has 1 aromatic heterocycles. The number of halogens is 1. The summed E-state index contributed by atoms with van der Waals surface area (Å²) in [5.74, 6) is -0.615. The van der Waals surface area contributed by atoms with E-state index in [9.17, 15) is 19.1 Å². The highest BCUT2D eigenvalue weighted by atomic mass is 19.1. The van der Waals surface area contributed by atoms with Crippen LogP contribution in [-0.4, -0.2) is 27.5 Å². The fourth-order valence-corrected chi connectivity index (χ4v) is 2.63. The van der Waals surface area contributed by atoms with E-state index in [-0.39, 0.29) is 24.7 Å². The standard InChI is InChI=1S/C18H22FN3O3/c1-11-15(12(2)22-17(24)21-11)8-9-16(23)20-10-18(3,25)13-4-6-14(19)7-5-13/h4-7,25H,8-10H2,1-3H3,(H,20,23)(H,21,22,24). The fourth-order valence-electron chi connectivity index (χ4n) is 2.63. The van der Waals surface area contributed by atoms with Crippen LogP contribution in [0.1, 0.15) is 35.9 Å². The summed E-state index contributed by atoms with van der Waals surface area (Å²) in [4.78, 5) is 29.8. The van der Waals surface area contributed by atoms with Crippen LogP contribution in [0, 0.1) is 19.7 Å². The Hall–Kier alpha value is -2.54. The first-order valence-electron chi connectivity index (χ1n) is 8.00. The molecule has 0 aliphatic heterocycles. The number of hydrogen-bond donors (Lipinski definition) is 3. The number of nitrogens with one attached hydrogen (secondary N) is 2. The van der Waals surface area contributed by atoms with E-state index in [1.807, 2.05) is 0 Å². The number of H-pyrrole nitrogens is 1. The molecule has 1 unspecified atom stereocenters. The van der Waals surface area contributed by atoms with E-state index in [0.717, 1.165) is 5.56 Å². The summed E-state index contributed by atoms with van der Waals surface area (Å²) in [6.07, 6.45) is 0.640. The van der Waals surface area contributed by atoms with Crippen LogP contribution < -0.4 is 11.0 Å². The van der Waals surface area contributed by atoms with Gasteiger partial charge in [-0.05, 0) is 50.5 Å². The van der Waals surface area contributed by atoms with Crippen molar-refractivity contribution in [2.45, 2.75) is 39.2 Å². The minimum absolute atomic E-state index is 0.0132.